The summed E-state index contributed by atoms with van der Waals surface area (Å²) in [6.45, 7) is 4.33. The molecule has 0 fully saturated rings. The van der Waals surface area contributed by atoms with Crippen molar-refractivity contribution in [3.63, 3.8) is 0 Å². The Hall–Kier alpha value is -3.12. The van der Waals surface area contributed by atoms with Crippen LogP contribution in [0.15, 0.2) is 84.9 Å². The molecule has 3 aromatic carbocycles. The number of rotatable bonds is 8. The first-order valence-electron chi connectivity index (χ1n) is 10.2. The molecule has 0 unspecified atom stereocenters. The van der Waals surface area contributed by atoms with Crippen molar-refractivity contribution in [2.24, 2.45) is 0 Å². The summed E-state index contributed by atoms with van der Waals surface area (Å²) < 4.78 is 26.6. The Bertz CT molecular complexity index is 1070. The van der Waals surface area contributed by atoms with Gasteiger partial charge in [-0.3, -0.25) is 9.10 Å². The van der Waals surface area contributed by atoms with Gasteiger partial charge in [-0.15, -0.1) is 0 Å². The minimum Gasteiger partial charge on any atom is -0.332 e. The molecule has 6 heteroatoms. The Balaban J connectivity index is 1.95. The molecule has 31 heavy (non-hydrogen) atoms. The molecule has 0 N–H and O–H groups in total. The minimum absolute atomic E-state index is 0.250. The number of amides is 1. The fourth-order valence-electron chi connectivity index (χ4n) is 3.65. The number of sulfonamides is 1. The molecule has 5 nitrogen and oxygen atoms in total. The van der Waals surface area contributed by atoms with E-state index in [-0.39, 0.29) is 5.91 Å². The van der Waals surface area contributed by atoms with Gasteiger partial charge in [0.15, 0.2) is 0 Å². The zero-order valence-electron chi connectivity index (χ0n) is 18.1. The van der Waals surface area contributed by atoms with E-state index in [9.17, 15) is 13.2 Å². The fourth-order valence-corrected chi connectivity index (χ4v) is 4.81. The monoisotopic (exact) mass is 436 g/mol. The van der Waals surface area contributed by atoms with E-state index in [2.05, 4.69) is 0 Å². The molecule has 3 rings (SSSR count). The van der Waals surface area contributed by atoms with E-state index in [0.29, 0.717) is 18.8 Å². The molecule has 0 saturated heterocycles. The topological polar surface area (TPSA) is 57.7 Å². The zero-order chi connectivity index (χ0) is 22.4. The summed E-state index contributed by atoms with van der Waals surface area (Å²) >= 11 is 0. The van der Waals surface area contributed by atoms with Crippen molar-refractivity contribution in [1.29, 1.82) is 0 Å². The molecular weight excluding hydrogens is 408 g/mol. The number of hydrogen-bond donors (Lipinski definition) is 0. The highest BCUT2D eigenvalue weighted by Crippen LogP contribution is 2.24. The normalized spacial score (nSPS) is 12.2. The third-order valence-corrected chi connectivity index (χ3v) is 6.31. The average molecular weight is 437 g/mol. The van der Waals surface area contributed by atoms with Crippen LogP contribution in [0.1, 0.15) is 23.6 Å². The van der Waals surface area contributed by atoms with E-state index in [1.54, 1.807) is 30.0 Å². The van der Waals surface area contributed by atoms with Crippen LogP contribution in [-0.4, -0.2) is 31.5 Å². The second-order valence-corrected chi connectivity index (χ2v) is 9.60. The number of hydrogen-bond acceptors (Lipinski definition) is 3. The quantitative estimate of drug-likeness (QED) is 0.527. The number of anilines is 1. The molecule has 3 aromatic rings. The van der Waals surface area contributed by atoms with Crippen LogP contribution in [0.2, 0.25) is 0 Å². The van der Waals surface area contributed by atoms with Gasteiger partial charge in [0.25, 0.3) is 0 Å². The Kier molecular flexibility index (Phi) is 7.13. The molecule has 162 valence electrons. The summed E-state index contributed by atoms with van der Waals surface area (Å²) in [5.74, 6) is -0.250. The van der Waals surface area contributed by atoms with Gasteiger partial charge < -0.3 is 4.90 Å². The lowest BCUT2D eigenvalue weighted by atomic mass is 10.1. The second kappa shape index (κ2) is 9.79. The van der Waals surface area contributed by atoms with Crippen molar-refractivity contribution in [3.05, 3.63) is 102 Å². The van der Waals surface area contributed by atoms with Gasteiger partial charge in [-0.25, -0.2) is 8.42 Å². The number of aryl methyl sites for hydroxylation is 1. The third-order valence-electron chi connectivity index (χ3n) is 5.07. The summed E-state index contributed by atoms with van der Waals surface area (Å²) in [5, 5.41) is 0. The van der Waals surface area contributed by atoms with E-state index in [4.69, 9.17) is 0 Å². The van der Waals surface area contributed by atoms with Crippen LogP contribution in [0.5, 0.6) is 0 Å². The Labute approximate surface area is 185 Å². The van der Waals surface area contributed by atoms with Gasteiger partial charge in [0.2, 0.25) is 15.9 Å². The van der Waals surface area contributed by atoms with Gasteiger partial charge >= 0.3 is 0 Å². The highest BCUT2D eigenvalue weighted by atomic mass is 32.2. The van der Waals surface area contributed by atoms with Crippen molar-refractivity contribution in [2.45, 2.75) is 33.0 Å². The maximum atomic E-state index is 13.6. The van der Waals surface area contributed by atoms with Gasteiger partial charge in [-0.05, 0) is 42.7 Å². The van der Waals surface area contributed by atoms with Crippen LogP contribution in [0.3, 0.4) is 0 Å². The van der Waals surface area contributed by atoms with Gasteiger partial charge in [-0.1, -0.05) is 72.8 Å². The van der Waals surface area contributed by atoms with Crippen molar-refractivity contribution >= 4 is 21.6 Å². The summed E-state index contributed by atoms with van der Waals surface area (Å²) in [6.07, 6.45) is 1.14. The van der Waals surface area contributed by atoms with Gasteiger partial charge in [0.05, 0.1) is 11.9 Å². The first-order valence-corrected chi connectivity index (χ1v) is 12.0. The van der Waals surface area contributed by atoms with Crippen molar-refractivity contribution < 1.29 is 13.2 Å². The van der Waals surface area contributed by atoms with Crippen molar-refractivity contribution in [1.82, 2.24) is 4.90 Å². The predicted octanol–water partition coefficient (Wildman–Crippen LogP) is 4.38. The van der Waals surface area contributed by atoms with Crippen LogP contribution in [0, 0.1) is 6.92 Å². The molecule has 0 saturated carbocycles. The fraction of sp³-hybridized carbons (Fsp3) is 0.240. The maximum absolute atomic E-state index is 13.6. The zero-order valence-corrected chi connectivity index (χ0v) is 18.9. The molecule has 1 amide bonds. The van der Waals surface area contributed by atoms with E-state index >= 15 is 0 Å². The SMILES string of the molecule is Cc1cccc(N([C@H](C)C(=O)N(Cc2ccccc2)Cc2ccccc2)S(C)(=O)=O)c1. The summed E-state index contributed by atoms with van der Waals surface area (Å²) in [6, 6.07) is 25.7. The molecule has 0 heterocycles. The largest absolute Gasteiger partial charge is 0.332 e. The molecule has 0 spiro atoms. The highest BCUT2D eigenvalue weighted by molar-refractivity contribution is 7.92. The Morgan fingerprint density at radius 3 is 1.81 bits per heavy atom. The lowest BCUT2D eigenvalue weighted by molar-refractivity contribution is -0.133. The van der Waals surface area contributed by atoms with Gasteiger partial charge in [0.1, 0.15) is 6.04 Å². The minimum atomic E-state index is -3.67. The smallest absolute Gasteiger partial charge is 0.246 e. The average Bonchev–Trinajstić information content (AvgIpc) is 2.73. The number of carbonyl (C=O) groups excluding carboxylic acids is 1. The van der Waals surface area contributed by atoms with Crippen molar-refractivity contribution in [3.8, 4) is 0 Å². The molecular formula is C25H28N2O3S. The van der Waals surface area contributed by atoms with Crippen molar-refractivity contribution in [2.75, 3.05) is 10.6 Å². The summed E-state index contributed by atoms with van der Waals surface area (Å²) in [7, 11) is -3.67. The second-order valence-electron chi connectivity index (χ2n) is 7.74. The predicted molar refractivity (Wildman–Crippen MR) is 125 cm³/mol. The van der Waals surface area contributed by atoms with Crippen LogP contribution in [-0.2, 0) is 27.9 Å². The summed E-state index contributed by atoms with van der Waals surface area (Å²) in [4.78, 5) is 15.3. The lowest BCUT2D eigenvalue weighted by Gasteiger charge is -2.33. The Morgan fingerprint density at radius 1 is 0.839 bits per heavy atom. The lowest BCUT2D eigenvalue weighted by Crippen LogP contribution is -2.49. The van der Waals surface area contributed by atoms with Crippen LogP contribution in [0.25, 0.3) is 0 Å². The Morgan fingerprint density at radius 2 is 1.35 bits per heavy atom. The third kappa shape index (κ3) is 5.95. The van der Waals surface area contributed by atoms with E-state index in [1.165, 1.54) is 4.31 Å². The molecule has 0 aliphatic carbocycles. The number of nitrogens with zero attached hydrogens (tertiary/aromatic N) is 2. The van der Waals surface area contributed by atoms with E-state index in [0.717, 1.165) is 22.9 Å². The molecule has 0 bridgehead atoms. The van der Waals surface area contributed by atoms with E-state index in [1.807, 2.05) is 73.7 Å². The number of carbonyl (C=O) groups is 1. The van der Waals surface area contributed by atoms with Gasteiger partial charge in [-0.2, -0.15) is 0 Å². The maximum Gasteiger partial charge on any atom is 0.246 e. The van der Waals surface area contributed by atoms with Crippen LogP contribution in [0.4, 0.5) is 5.69 Å². The molecule has 0 aliphatic rings. The summed E-state index contributed by atoms with van der Waals surface area (Å²) in [5.41, 5.74) is 3.39. The van der Waals surface area contributed by atoms with Gasteiger partial charge in [0, 0.05) is 13.1 Å². The molecule has 1 atom stereocenters. The first-order chi connectivity index (χ1) is 14.8. The standard InChI is InChI=1S/C25H28N2O3S/c1-20-11-10-16-24(17-20)27(31(3,29)30)21(2)25(28)26(18-22-12-6-4-7-13-22)19-23-14-8-5-9-15-23/h4-17,21H,18-19H2,1-3H3/t21-/m1/s1. The molecule has 0 radical (unpaired) electrons. The van der Waals surface area contributed by atoms with Crippen LogP contribution < -0.4 is 4.31 Å². The highest BCUT2D eigenvalue weighted by Gasteiger charge is 2.32. The first kappa shape index (κ1) is 22.6. The van der Waals surface area contributed by atoms with E-state index < -0.39 is 16.1 Å². The van der Waals surface area contributed by atoms with Crippen LogP contribution >= 0.6 is 0 Å². The molecule has 0 aromatic heterocycles. The number of benzene rings is 3. The molecule has 0 aliphatic heterocycles.